The van der Waals surface area contributed by atoms with Gasteiger partial charge in [0.1, 0.15) is 15.6 Å². The quantitative estimate of drug-likeness (QED) is 0.564. The number of carbonyl (C=O) groups excluding carboxylic acids is 1. The van der Waals surface area contributed by atoms with Crippen molar-refractivity contribution in [2.45, 2.75) is 0 Å². The second-order valence-electron chi connectivity index (χ2n) is 3.84. The summed E-state index contributed by atoms with van der Waals surface area (Å²) in [7, 11) is -1.40. The molecule has 0 saturated carbocycles. The lowest BCUT2D eigenvalue weighted by Crippen LogP contribution is -2.08. The second kappa shape index (κ2) is 6.80. The summed E-state index contributed by atoms with van der Waals surface area (Å²) in [6.45, 7) is 0. The summed E-state index contributed by atoms with van der Waals surface area (Å²) >= 11 is 1.33. The van der Waals surface area contributed by atoms with Crippen molar-refractivity contribution in [1.29, 1.82) is 0 Å². The minimum Gasteiger partial charge on any atom is -0.497 e. The first-order valence-electron chi connectivity index (χ1n) is 5.35. The van der Waals surface area contributed by atoms with E-state index in [0.717, 1.165) is 0 Å². The lowest BCUT2D eigenvalue weighted by atomic mass is 10.1. The van der Waals surface area contributed by atoms with Crippen LogP contribution in [0.5, 0.6) is 5.75 Å². The first kappa shape index (κ1) is 15.0. The summed E-state index contributed by atoms with van der Waals surface area (Å²) in [4.78, 5) is 11.8. The number of ketones is 1. The lowest BCUT2D eigenvalue weighted by Gasteiger charge is -2.03. The Kier molecular flexibility index (Phi) is 5.68. The van der Waals surface area contributed by atoms with E-state index in [1.807, 2.05) is 0 Å². The fourth-order valence-electron chi connectivity index (χ4n) is 1.26. The van der Waals surface area contributed by atoms with Gasteiger partial charge in [0.25, 0.3) is 0 Å². The highest BCUT2D eigenvalue weighted by atomic mass is 32.2. The van der Waals surface area contributed by atoms with Crippen LogP contribution in [0.1, 0.15) is 10.4 Å². The number of thioether (sulfide) groups is 1. The van der Waals surface area contributed by atoms with Gasteiger partial charge in [0.15, 0.2) is 5.78 Å². The van der Waals surface area contributed by atoms with Crippen LogP contribution in [0.4, 0.5) is 0 Å². The number of benzene rings is 1. The predicted octanol–water partition coefficient (Wildman–Crippen LogP) is 1.66. The van der Waals surface area contributed by atoms with Gasteiger partial charge >= 0.3 is 0 Å². The smallest absolute Gasteiger partial charge is 0.172 e. The van der Waals surface area contributed by atoms with Crippen LogP contribution >= 0.6 is 11.8 Å². The molecule has 0 saturated heterocycles. The van der Waals surface area contributed by atoms with Gasteiger partial charge in [-0.2, -0.15) is 11.8 Å². The molecule has 1 rings (SSSR count). The molecule has 18 heavy (non-hydrogen) atoms. The molecule has 0 aliphatic rings. The molecule has 0 amide bonds. The molecular formula is C12H16O4S2. The maximum atomic E-state index is 11.8. The summed E-state index contributed by atoms with van der Waals surface area (Å²) < 4.78 is 26.9. The Bertz CT molecular complexity index is 509. The van der Waals surface area contributed by atoms with Crippen molar-refractivity contribution in [3.63, 3.8) is 0 Å². The van der Waals surface area contributed by atoms with Crippen molar-refractivity contribution in [3.05, 3.63) is 29.8 Å². The van der Waals surface area contributed by atoms with Crippen molar-refractivity contribution >= 4 is 27.4 Å². The Morgan fingerprint density at radius 3 is 2.72 bits per heavy atom. The number of hydrogen-bond donors (Lipinski definition) is 0. The Morgan fingerprint density at radius 1 is 1.39 bits per heavy atom. The van der Waals surface area contributed by atoms with E-state index in [-0.39, 0.29) is 17.3 Å². The Labute approximate surface area is 112 Å². The van der Waals surface area contributed by atoms with Gasteiger partial charge in [0, 0.05) is 17.6 Å². The molecule has 0 heterocycles. The number of Topliss-reactive ketones (excluding diaryl/α,β-unsaturated/α-hetero) is 1. The van der Waals surface area contributed by atoms with Gasteiger partial charge in [0.05, 0.1) is 18.6 Å². The Hall–Kier alpha value is -1.01. The van der Waals surface area contributed by atoms with Crippen molar-refractivity contribution in [3.8, 4) is 5.75 Å². The van der Waals surface area contributed by atoms with E-state index in [1.165, 1.54) is 18.0 Å². The number of hydrogen-bond acceptors (Lipinski definition) is 5. The molecule has 0 radical (unpaired) electrons. The molecule has 100 valence electrons. The van der Waals surface area contributed by atoms with Crippen LogP contribution in [0.2, 0.25) is 0 Å². The van der Waals surface area contributed by atoms with E-state index >= 15 is 0 Å². The molecule has 0 bridgehead atoms. The molecule has 0 unspecified atom stereocenters. The van der Waals surface area contributed by atoms with Gasteiger partial charge in [-0.3, -0.25) is 4.79 Å². The van der Waals surface area contributed by atoms with Crippen LogP contribution in [-0.2, 0) is 9.84 Å². The van der Waals surface area contributed by atoms with Crippen LogP contribution in [0.25, 0.3) is 0 Å². The first-order valence-corrected chi connectivity index (χ1v) is 8.56. The molecule has 0 aliphatic carbocycles. The van der Waals surface area contributed by atoms with E-state index < -0.39 is 9.84 Å². The molecule has 0 atom stereocenters. The molecule has 0 spiro atoms. The van der Waals surface area contributed by atoms with E-state index in [0.29, 0.717) is 17.1 Å². The minimum atomic E-state index is -2.95. The fourth-order valence-corrected chi connectivity index (χ4v) is 3.43. The molecule has 1 aromatic carbocycles. The third-order valence-electron chi connectivity index (χ3n) is 2.22. The van der Waals surface area contributed by atoms with Crippen molar-refractivity contribution < 1.29 is 17.9 Å². The van der Waals surface area contributed by atoms with Gasteiger partial charge in [-0.1, -0.05) is 12.1 Å². The van der Waals surface area contributed by atoms with Crippen LogP contribution in [0, 0.1) is 0 Å². The number of rotatable bonds is 7. The highest BCUT2D eigenvalue weighted by Crippen LogP contribution is 2.15. The molecule has 1 aromatic rings. The molecule has 0 aromatic heterocycles. The van der Waals surface area contributed by atoms with Crippen molar-refractivity contribution in [2.75, 3.05) is 30.6 Å². The normalized spacial score (nSPS) is 11.2. The average Bonchev–Trinajstić information content (AvgIpc) is 2.33. The van der Waals surface area contributed by atoms with Crippen LogP contribution in [0.15, 0.2) is 24.3 Å². The maximum absolute atomic E-state index is 11.8. The van der Waals surface area contributed by atoms with E-state index in [9.17, 15) is 13.2 Å². The van der Waals surface area contributed by atoms with E-state index in [2.05, 4.69) is 0 Å². The summed E-state index contributed by atoms with van der Waals surface area (Å²) in [5.74, 6) is 1.44. The summed E-state index contributed by atoms with van der Waals surface area (Å²) in [6.07, 6.45) is 1.19. The SMILES string of the molecule is COc1cccc(C(=O)CSCCS(C)(=O)=O)c1. The molecule has 6 heteroatoms. The highest BCUT2D eigenvalue weighted by Gasteiger charge is 2.08. The zero-order valence-corrected chi connectivity index (χ0v) is 12.0. The topological polar surface area (TPSA) is 60.4 Å². The van der Waals surface area contributed by atoms with Gasteiger partial charge < -0.3 is 4.74 Å². The highest BCUT2D eigenvalue weighted by molar-refractivity contribution is 8.01. The standard InChI is InChI=1S/C12H16O4S2/c1-16-11-5-3-4-10(8-11)12(13)9-17-6-7-18(2,14)15/h3-5,8H,6-7,9H2,1-2H3. The largest absolute Gasteiger partial charge is 0.497 e. The van der Waals surface area contributed by atoms with Crippen molar-refractivity contribution in [2.24, 2.45) is 0 Å². The van der Waals surface area contributed by atoms with Crippen LogP contribution in [0.3, 0.4) is 0 Å². The Morgan fingerprint density at radius 2 is 2.11 bits per heavy atom. The van der Waals surface area contributed by atoms with Gasteiger partial charge in [-0.25, -0.2) is 8.42 Å². The Balaban J connectivity index is 2.45. The molecule has 0 fully saturated rings. The van der Waals surface area contributed by atoms with E-state index in [4.69, 9.17) is 4.74 Å². The number of carbonyl (C=O) groups is 1. The average molecular weight is 288 g/mol. The maximum Gasteiger partial charge on any atom is 0.172 e. The van der Waals surface area contributed by atoms with Gasteiger partial charge in [-0.05, 0) is 12.1 Å². The third-order valence-corrected chi connectivity index (χ3v) is 4.39. The zero-order valence-electron chi connectivity index (χ0n) is 10.4. The van der Waals surface area contributed by atoms with Gasteiger partial charge in [-0.15, -0.1) is 0 Å². The number of ether oxygens (including phenoxy) is 1. The monoisotopic (exact) mass is 288 g/mol. The number of methoxy groups -OCH3 is 1. The van der Waals surface area contributed by atoms with E-state index in [1.54, 1.807) is 31.4 Å². The molecule has 4 nitrogen and oxygen atoms in total. The fraction of sp³-hybridized carbons (Fsp3) is 0.417. The summed E-state index contributed by atoms with van der Waals surface area (Å²) in [5, 5.41) is 0. The van der Waals surface area contributed by atoms with Crippen LogP contribution < -0.4 is 4.74 Å². The lowest BCUT2D eigenvalue weighted by molar-refractivity contribution is 0.102. The van der Waals surface area contributed by atoms with Crippen LogP contribution in [-0.4, -0.2) is 44.8 Å². The molecule has 0 aliphatic heterocycles. The first-order chi connectivity index (χ1) is 8.42. The van der Waals surface area contributed by atoms with Gasteiger partial charge in [0.2, 0.25) is 0 Å². The van der Waals surface area contributed by atoms with Crippen molar-refractivity contribution in [1.82, 2.24) is 0 Å². The predicted molar refractivity (Wildman–Crippen MR) is 74.4 cm³/mol. The summed E-state index contributed by atoms with van der Waals surface area (Å²) in [6, 6.07) is 6.93. The number of sulfone groups is 1. The zero-order chi connectivity index (χ0) is 13.6. The molecule has 0 N–H and O–H groups in total. The molecular weight excluding hydrogens is 272 g/mol. The summed E-state index contributed by atoms with van der Waals surface area (Å²) in [5.41, 5.74) is 0.584. The third kappa shape index (κ3) is 5.55. The second-order valence-corrected chi connectivity index (χ2v) is 7.20. The minimum absolute atomic E-state index is 0.0209.